The largest absolute Gasteiger partial charge is 0.447 e. The van der Waals surface area contributed by atoms with Crippen LogP contribution in [0.15, 0.2) is 36.5 Å². The summed E-state index contributed by atoms with van der Waals surface area (Å²) in [7, 11) is 4.37. The van der Waals surface area contributed by atoms with E-state index in [1.807, 2.05) is 0 Å². The second-order valence-electron chi connectivity index (χ2n) is 10.5. The van der Waals surface area contributed by atoms with Crippen molar-refractivity contribution in [1.29, 1.82) is 0 Å². The molecule has 2 saturated heterocycles. The predicted molar refractivity (Wildman–Crippen MR) is 138 cm³/mol. The maximum Gasteiger partial charge on any atom is 0.415 e. The second kappa shape index (κ2) is 10.1. The summed E-state index contributed by atoms with van der Waals surface area (Å²) < 4.78 is 5.31. The average molecular weight is 479 g/mol. The van der Waals surface area contributed by atoms with E-state index in [2.05, 4.69) is 77.3 Å². The van der Waals surface area contributed by atoms with Crippen molar-refractivity contribution in [2.75, 3.05) is 44.0 Å². The molecule has 3 fully saturated rings. The molecule has 1 amide bonds. The maximum absolute atomic E-state index is 12.3. The van der Waals surface area contributed by atoms with Crippen molar-refractivity contribution in [3.05, 3.63) is 47.7 Å². The molecular weight excluding hydrogens is 440 g/mol. The molecule has 5 rings (SSSR count). The van der Waals surface area contributed by atoms with Gasteiger partial charge in [-0.3, -0.25) is 9.80 Å². The van der Waals surface area contributed by atoms with E-state index in [-0.39, 0.29) is 18.2 Å². The Morgan fingerprint density at radius 3 is 2.37 bits per heavy atom. The summed E-state index contributed by atoms with van der Waals surface area (Å²) >= 11 is 0. The first-order valence-electron chi connectivity index (χ1n) is 13.0. The van der Waals surface area contributed by atoms with Crippen molar-refractivity contribution in [2.24, 2.45) is 5.92 Å². The number of nitrogens with zero attached hydrogens (tertiary/aromatic N) is 5. The van der Waals surface area contributed by atoms with Crippen molar-refractivity contribution in [3.63, 3.8) is 0 Å². The molecule has 3 atom stereocenters. The molecule has 35 heavy (non-hydrogen) atoms. The SMILES string of the molecule is CC(c1ccc([C@H](C)Nc2nccc(N3C(=O)OC[C@@H]3C3CC3)n2)cc1)N1CCC(N(C)C)CC1. The van der Waals surface area contributed by atoms with Crippen LogP contribution in [0.2, 0.25) is 0 Å². The van der Waals surface area contributed by atoms with Crippen molar-refractivity contribution < 1.29 is 9.53 Å². The van der Waals surface area contributed by atoms with Gasteiger partial charge < -0.3 is 15.0 Å². The van der Waals surface area contributed by atoms with Gasteiger partial charge >= 0.3 is 6.09 Å². The number of amides is 1. The highest BCUT2D eigenvalue weighted by Crippen LogP contribution is 2.39. The Kier molecular flexibility index (Phi) is 6.93. The third kappa shape index (κ3) is 5.28. The van der Waals surface area contributed by atoms with E-state index < -0.39 is 0 Å². The van der Waals surface area contributed by atoms with Gasteiger partial charge in [0.1, 0.15) is 12.4 Å². The lowest BCUT2D eigenvalue weighted by Crippen LogP contribution is -2.42. The first kappa shape index (κ1) is 24.0. The fourth-order valence-corrected chi connectivity index (χ4v) is 5.42. The zero-order valence-electron chi connectivity index (χ0n) is 21.4. The molecule has 1 saturated carbocycles. The van der Waals surface area contributed by atoms with Crippen LogP contribution >= 0.6 is 0 Å². The van der Waals surface area contributed by atoms with Crippen molar-refractivity contribution in [2.45, 2.75) is 63.7 Å². The number of carbonyl (C=O) groups excluding carboxylic acids is 1. The summed E-state index contributed by atoms with van der Waals surface area (Å²) in [4.78, 5) is 28.0. The summed E-state index contributed by atoms with van der Waals surface area (Å²) in [5.74, 6) is 1.65. The predicted octanol–water partition coefficient (Wildman–Crippen LogP) is 4.47. The summed E-state index contributed by atoms with van der Waals surface area (Å²) in [6.45, 7) is 7.15. The minimum Gasteiger partial charge on any atom is -0.447 e. The highest BCUT2D eigenvalue weighted by Gasteiger charge is 2.44. The van der Waals surface area contributed by atoms with E-state index in [0.717, 1.165) is 25.9 Å². The Bertz CT molecular complexity index is 1020. The molecule has 0 spiro atoms. The molecule has 3 heterocycles. The molecule has 1 aromatic carbocycles. The minimum absolute atomic E-state index is 0.0372. The normalized spacial score (nSPS) is 23.4. The zero-order valence-corrected chi connectivity index (χ0v) is 21.4. The number of hydrogen-bond acceptors (Lipinski definition) is 7. The Morgan fingerprint density at radius 2 is 1.71 bits per heavy atom. The molecule has 0 radical (unpaired) electrons. The highest BCUT2D eigenvalue weighted by molar-refractivity contribution is 5.89. The van der Waals surface area contributed by atoms with Crippen LogP contribution in [0.1, 0.15) is 62.7 Å². The molecule has 8 heteroatoms. The van der Waals surface area contributed by atoms with Crippen LogP contribution in [-0.4, -0.2) is 71.7 Å². The quantitative estimate of drug-likeness (QED) is 0.600. The van der Waals surface area contributed by atoms with Gasteiger partial charge in [0.25, 0.3) is 0 Å². The maximum atomic E-state index is 12.3. The lowest BCUT2D eigenvalue weighted by Gasteiger charge is -2.38. The fraction of sp³-hybridized carbons (Fsp3) is 0.593. The second-order valence-corrected chi connectivity index (χ2v) is 10.5. The molecule has 1 aromatic heterocycles. The number of benzene rings is 1. The van der Waals surface area contributed by atoms with Gasteiger partial charge in [-0.15, -0.1) is 0 Å². The Balaban J connectivity index is 1.21. The van der Waals surface area contributed by atoms with Crippen LogP contribution in [0, 0.1) is 5.92 Å². The molecule has 3 aliphatic rings. The number of rotatable bonds is 8. The van der Waals surface area contributed by atoms with E-state index >= 15 is 0 Å². The molecule has 8 nitrogen and oxygen atoms in total. The molecule has 0 bridgehead atoms. The number of ether oxygens (including phenoxy) is 1. The first-order valence-corrected chi connectivity index (χ1v) is 13.0. The van der Waals surface area contributed by atoms with E-state index in [1.54, 1.807) is 17.2 Å². The highest BCUT2D eigenvalue weighted by atomic mass is 16.6. The van der Waals surface area contributed by atoms with Crippen LogP contribution in [0.5, 0.6) is 0 Å². The lowest BCUT2D eigenvalue weighted by molar-refractivity contribution is 0.115. The van der Waals surface area contributed by atoms with Gasteiger partial charge in [-0.25, -0.2) is 9.78 Å². The number of carbonyl (C=O) groups is 1. The van der Waals surface area contributed by atoms with Crippen LogP contribution < -0.4 is 10.2 Å². The number of piperidine rings is 1. The smallest absolute Gasteiger partial charge is 0.415 e. The number of aromatic nitrogens is 2. The fourth-order valence-electron chi connectivity index (χ4n) is 5.42. The van der Waals surface area contributed by atoms with Crippen molar-refractivity contribution in [1.82, 2.24) is 19.8 Å². The summed E-state index contributed by atoms with van der Waals surface area (Å²) in [6, 6.07) is 11.9. The van der Waals surface area contributed by atoms with Crippen LogP contribution in [0.25, 0.3) is 0 Å². The van der Waals surface area contributed by atoms with Crippen LogP contribution in [-0.2, 0) is 4.74 Å². The van der Waals surface area contributed by atoms with E-state index in [4.69, 9.17) is 4.74 Å². The molecular formula is C27H38N6O2. The van der Waals surface area contributed by atoms with E-state index in [0.29, 0.717) is 36.4 Å². The molecule has 188 valence electrons. The van der Waals surface area contributed by atoms with Crippen molar-refractivity contribution in [3.8, 4) is 0 Å². The third-order valence-electron chi connectivity index (χ3n) is 8.00. The van der Waals surface area contributed by atoms with E-state index in [1.165, 1.54) is 24.0 Å². The van der Waals surface area contributed by atoms with Crippen molar-refractivity contribution >= 4 is 17.9 Å². The van der Waals surface area contributed by atoms with Crippen LogP contribution in [0.3, 0.4) is 0 Å². The zero-order chi connectivity index (χ0) is 24.5. The first-order chi connectivity index (χ1) is 16.9. The Morgan fingerprint density at radius 1 is 1.03 bits per heavy atom. The number of cyclic esters (lactones) is 1. The summed E-state index contributed by atoms with van der Waals surface area (Å²) in [5.41, 5.74) is 2.53. The molecule has 2 aromatic rings. The lowest BCUT2D eigenvalue weighted by atomic mass is 9.98. The number of nitrogens with one attached hydrogen (secondary N) is 1. The Labute approximate surface area is 208 Å². The van der Waals surface area contributed by atoms with Gasteiger partial charge in [0.05, 0.1) is 12.1 Å². The minimum atomic E-state index is -0.310. The summed E-state index contributed by atoms with van der Waals surface area (Å²) in [6.07, 6.45) is 6.15. The molecule has 2 aliphatic heterocycles. The standard InChI is InChI=1S/C27H38N6O2/c1-18(20-5-7-21(8-6-20)19(2)32-15-12-23(13-16-32)31(3)4)29-26-28-14-11-25(30-26)33-24(22-9-10-22)17-35-27(33)34/h5-8,11,14,18-19,22-24H,9-10,12-13,15-17H2,1-4H3,(H,28,29,30)/t18-,19?,24+/m0/s1. The van der Waals surface area contributed by atoms with Crippen LogP contribution in [0.4, 0.5) is 16.6 Å². The van der Waals surface area contributed by atoms with E-state index in [9.17, 15) is 4.79 Å². The number of likely N-dealkylation sites (tertiary alicyclic amines) is 1. The molecule has 1 N–H and O–H groups in total. The summed E-state index contributed by atoms with van der Waals surface area (Å²) in [5, 5.41) is 3.41. The Hall–Kier alpha value is -2.71. The average Bonchev–Trinajstić information content (AvgIpc) is 3.65. The van der Waals surface area contributed by atoms with Gasteiger partial charge in [-0.05, 0) is 76.7 Å². The van der Waals surface area contributed by atoms with Gasteiger partial charge in [-0.1, -0.05) is 24.3 Å². The third-order valence-corrected chi connectivity index (χ3v) is 8.00. The van der Waals surface area contributed by atoms with Gasteiger partial charge in [0.2, 0.25) is 5.95 Å². The number of hydrogen-bond donors (Lipinski definition) is 1. The molecule has 1 aliphatic carbocycles. The number of anilines is 2. The van der Waals surface area contributed by atoms with Gasteiger partial charge in [0.15, 0.2) is 0 Å². The topological polar surface area (TPSA) is 73.8 Å². The monoisotopic (exact) mass is 478 g/mol. The molecule has 1 unspecified atom stereocenters. The van der Waals surface area contributed by atoms with Gasteiger partial charge in [0, 0.05) is 31.4 Å². The van der Waals surface area contributed by atoms with Gasteiger partial charge in [-0.2, -0.15) is 4.98 Å².